The Morgan fingerprint density at radius 2 is 1.91 bits per heavy atom. The molecule has 1 aliphatic rings. The number of hydrogen-bond donors (Lipinski definition) is 2. The molecule has 1 aliphatic heterocycles. The van der Waals surface area contributed by atoms with Gasteiger partial charge in [0.2, 0.25) is 0 Å². The number of para-hydroxylation sites is 1. The second-order valence-electron chi connectivity index (χ2n) is 8.13. The van der Waals surface area contributed by atoms with Crippen LogP contribution in [0.3, 0.4) is 0 Å². The number of rotatable bonds is 4. The lowest BCUT2D eigenvalue weighted by molar-refractivity contribution is -0.117. The van der Waals surface area contributed by atoms with Gasteiger partial charge in [0.15, 0.2) is 0 Å². The van der Waals surface area contributed by atoms with Crippen LogP contribution in [0.1, 0.15) is 33.9 Å². The monoisotopic (exact) mass is 488 g/mol. The summed E-state index contributed by atoms with van der Waals surface area (Å²) in [6, 6.07) is 14.1. The molecule has 0 radical (unpaired) electrons. The summed E-state index contributed by atoms with van der Waals surface area (Å²) < 4.78 is 3.26. The van der Waals surface area contributed by atoms with Crippen molar-refractivity contribution >= 4 is 40.4 Å². The summed E-state index contributed by atoms with van der Waals surface area (Å²) in [5.74, 6) is -0.346. The highest BCUT2D eigenvalue weighted by molar-refractivity contribution is 6.31. The lowest BCUT2D eigenvalue weighted by atomic mass is 10.1. The van der Waals surface area contributed by atoms with Gasteiger partial charge in [-0.05, 0) is 49.8 Å². The van der Waals surface area contributed by atoms with E-state index in [4.69, 9.17) is 11.6 Å². The minimum absolute atomic E-state index is 0.0996. The Labute approximate surface area is 205 Å². The van der Waals surface area contributed by atoms with Crippen molar-refractivity contribution in [2.24, 2.45) is 0 Å². The highest BCUT2D eigenvalue weighted by Gasteiger charge is 2.17. The number of halogens is 1. The van der Waals surface area contributed by atoms with Crippen molar-refractivity contribution < 1.29 is 9.59 Å². The number of hydrazine groups is 1. The normalized spacial score (nSPS) is 12.7. The van der Waals surface area contributed by atoms with Gasteiger partial charge in [-0.25, -0.2) is 9.67 Å². The number of benzene rings is 2. The summed E-state index contributed by atoms with van der Waals surface area (Å²) in [7, 11) is 0. The topological polar surface area (TPSA) is 111 Å². The van der Waals surface area contributed by atoms with Gasteiger partial charge in [0.1, 0.15) is 11.0 Å². The molecule has 4 aromatic rings. The van der Waals surface area contributed by atoms with Crippen molar-refractivity contribution in [1.29, 1.82) is 0 Å². The van der Waals surface area contributed by atoms with E-state index in [0.29, 0.717) is 33.9 Å². The van der Waals surface area contributed by atoms with Crippen molar-refractivity contribution in [2.75, 3.05) is 0 Å². The van der Waals surface area contributed by atoms with Crippen molar-refractivity contribution in [3.63, 3.8) is 0 Å². The number of nitrogens with one attached hydrogen (secondary N) is 2. The predicted octanol–water partition coefficient (Wildman–Crippen LogP) is 2.96. The third-order valence-electron chi connectivity index (χ3n) is 5.83. The molecule has 0 saturated heterocycles. The summed E-state index contributed by atoms with van der Waals surface area (Å²) in [6.07, 6.45) is 4.41. The SMILES string of the molecule is Cc1nn(-c2ccccc2)c(Cl)c1/C=C/C(=O)NNC(=O)c1ccc2c(=O)n3c(nc2c1)CCC3. The third kappa shape index (κ3) is 4.33. The van der Waals surface area contributed by atoms with E-state index >= 15 is 0 Å². The molecule has 0 atom stereocenters. The standard InChI is InChI=1S/C25H21ClN6O3/c1-15-18(23(26)32(30-15)17-6-3-2-4-7-17)11-12-22(33)28-29-24(34)16-9-10-19-20(14-16)27-21-8-5-13-31(21)25(19)35/h2-4,6-7,9-12,14H,5,8,13H2,1H3,(H,28,33)(H,29,34)/b12-11+. The first-order chi connectivity index (χ1) is 16.9. The largest absolute Gasteiger partial charge is 0.296 e. The van der Waals surface area contributed by atoms with Crippen LogP contribution in [-0.4, -0.2) is 31.1 Å². The molecule has 0 bridgehead atoms. The molecule has 2 aromatic carbocycles. The van der Waals surface area contributed by atoms with E-state index in [-0.39, 0.29) is 11.1 Å². The van der Waals surface area contributed by atoms with Crippen molar-refractivity contribution in [3.05, 3.63) is 92.8 Å². The summed E-state index contributed by atoms with van der Waals surface area (Å²) in [5, 5.41) is 5.26. The van der Waals surface area contributed by atoms with Crippen molar-refractivity contribution in [2.45, 2.75) is 26.3 Å². The van der Waals surface area contributed by atoms with Crippen LogP contribution in [0, 0.1) is 6.92 Å². The van der Waals surface area contributed by atoms with E-state index in [9.17, 15) is 14.4 Å². The first-order valence-electron chi connectivity index (χ1n) is 11.0. The minimum atomic E-state index is -0.545. The molecule has 0 unspecified atom stereocenters. The molecule has 0 fully saturated rings. The van der Waals surface area contributed by atoms with Crippen molar-refractivity contribution in [3.8, 4) is 5.69 Å². The van der Waals surface area contributed by atoms with Crippen LogP contribution in [0.5, 0.6) is 0 Å². The van der Waals surface area contributed by atoms with E-state index in [1.807, 2.05) is 30.3 Å². The number of carbonyl (C=O) groups is 2. The molecule has 10 heteroatoms. The van der Waals surface area contributed by atoms with Crippen LogP contribution in [0.25, 0.3) is 22.7 Å². The van der Waals surface area contributed by atoms with Crippen LogP contribution in [-0.2, 0) is 17.8 Å². The van der Waals surface area contributed by atoms with Gasteiger partial charge in [0.05, 0.1) is 22.3 Å². The minimum Gasteiger partial charge on any atom is -0.296 e. The van der Waals surface area contributed by atoms with Gasteiger partial charge in [-0.15, -0.1) is 0 Å². The fourth-order valence-corrected chi connectivity index (χ4v) is 4.39. The summed E-state index contributed by atoms with van der Waals surface area (Å²) >= 11 is 6.47. The molecular weight excluding hydrogens is 468 g/mol. The van der Waals surface area contributed by atoms with Crippen molar-refractivity contribution in [1.82, 2.24) is 30.2 Å². The molecule has 2 aromatic heterocycles. The number of amides is 2. The van der Waals surface area contributed by atoms with Gasteiger partial charge in [-0.2, -0.15) is 5.10 Å². The fourth-order valence-electron chi connectivity index (χ4n) is 4.06. The molecule has 3 heterocycles. The lowest BCUT2D eigenvalue weighted by Gasteiger charge is -2.08. The maximum atomic E-state index is 12.6. The Balaban J connectivity index is 1.27. The lowest BCUT2D eigenvalue weighted by Crippen LogP contribution is -2.40. The Hall–Kier alpha value is -4.24. The summed E-state index contributed by atoms with van der Waals surface area (Å²) in [4.78, 5) is 42.0. The predicted molar refractivity (Wildman–Crippen MR) is 132 cm³/mol. The highest BCUT2D eigenvalue weighted by Crippen LogP contribution is 2.24. The average molecular weight is 489 g/mol. The van der Waals surface area contributed by atoms with Crippen LogP contribution in [0.15, 0.2) is 59.4 Å². The number of hydrogen-bond acceptors (Lipinski definition) is 5. The molecule has 2 amide bonds. The van der Waals surface area contributed by atoms with Crippen LogP contribution >= 0.6 is 11.6 Å². The molecule has 176 valence electrons. The molecule has 9 nitrogen and oxygen atoms in total. The maximum Gasteiger partial charge on any atom is 0.269 e. The van der Waals surface area contributed by atoms with Crippen LogP contribution < -0.4 is 16.4 Å². The van der Waals surface area contributed by atoms with E-state index in [1.165, 1.54) is 12.1 Å². The number of carbonyl (C=O) groups excluding carboxylic acids is 2. The van der Waals surface area contributed by atoms with E-state index < -0.39 is 11.8 Å². The highest BCUT2D eigenvalue weighted by atomic mass is 35.5. The van der Waals surface area contributed by atoms with E-state index in [0.717, 1.165) is 24.4 Å². The number of aromatic nitrogens is 4. The van der Waals surface area contributed by atoms with Gasteiger partial charge in [-0.1, -0.05) is 29.8 Å². The molecule has 35 heavy (non-hydrogen) atoms. The Bertz CT molecular complexity index is 1560. The summed E-state index contributed by atoms with van der Waals surface area (Å²) in [5.41, 5.74) is 7.40. The van der Waals surface area contributed by atoms with Crippen LogP contribution in [0.2, 0.25) is 5.15 Å². The molecule has 0 spiro atoms. The second-order valence-corrected chi connectivity index (χ2v) is 8.49. The van der Waals surface area contributed by atoms with E-state index in [2.05, 4.69) is 20.9 Å². The molecule has 0 aliphatic carbocycles. The quantitative estimate of drug-likeness (QED) is 0.339. The Kier molecular flexibility index (Phi) is 5.92. The molecule has 0 saturated carbocycles. The fraction of sp³-hybridized carbons (Fsp3) is 0.160. The van der Waals surface area contributed by atoms with Gasteiger partial charge < -0.3 is 0 Å². The van der Waals surface area contributed by atoms with Gasteiger partial charge in [0, 0.05) is 30.2 Å². The van der Waals surface area contributed by atoms with Gasteiger partial charge >= 0.3 is 0 Å². The first-order valence-corrected chi connectivity index (χ1v) is 11.4. The first kappa shape index (κ1) is 22.5. The number of nitrogens with zero attached hydrogens (tertiary/aromatic N) is 4. The maximum absolute atomic E-state index is 12.6. The smallest absolute Gasteiger partial charge is 0.269 e. The molecule has 5 rings (SSSR count). The second kappa shape index (κ2) is 9.19. The zero-order chi connectivity index (χ0) is 24.5. The molecule has 2 N–H and O–H groups in total. The number of fused-ring (bicyclic) bond motifs is 2. The average Bonchev–Trinajstić information content (AvgIpc) is 3.45. The number of aryl methyl sites for hydroxylation is 2. The molecular formula is C25H21ClN6O3. The van der Waals surface area contributed by atoms with Gasteiger partial charge in [-0.3, -0.25) is 29.8 Å². The van der Waals surface area contributed by atoms with E-state index in [1.54, 1.807) is 34.4 Å². The van der Waals surface area contributed by atoms with Gasteiger partial charge in [0.25, 0.3) is 17.4 Å². The van der Waals surface area contributed by atoms with Crippen LogP contribution in [0.4, 0.5) is 0 Å². The Morgan fingerprint density at radius 3 is 2.71 bits per heavy atom. The summed E-state index contributed by atoms with van der Waals surface area (Å²) in [6.45, 7) is 2.45. The Morgan fingerprint density at radius 1 is 1.11 bits per heavy atom. The zero-order valence-corrected chi connectivity index (χ0v) is 19.5. The third-order valence-corrected chi connectivity index (χ3v) is 6.19. The zero-order valence-electron chi connectivity index (χ0n) is 18.8.